The Balaban J connectivity index is 0.000000550. The molecule has 1 atom stereocenters. The number of ketones is 1. The van der Waals surface area contributed by atoms with Gasteiger partial charge in [0.15, 0.2) is 5.78 Å². The molecule has 0 fully saturated rings. The summed E-state index contributed by atoms with van der Waals surface area (Å²) in [6.07, 6.45) is -0.471. The van der Waals surface area contributed by atoms with Crippen molar-refractivity contribution in [2.75, 3.05) is 20.5 Å². The standard InChI is InChI=1S/C16H16O4.CH4O3S/c1-19-13-7-3-11(4-8-13)15(17)16(18)12-5-9-14(20-2)10-6-12;1-5(2,3)4/h3-10,15,17H,1-2H3;1H3,(H,2,3,4). The molecule has 0 bridgehead atoms. The minimum atomic E-state index is -3.67. The Morgan fingerprint density at radius 3 is 1.64 bits per heavy atom. The third kappa shape index (κ3) is 7.34. The Hall–Kier alpha value is -2.42. The SMILES string of the molecule is COc1ccc(C(=O)C(O)c2ccc(OC)cc2)cc1.CS(=O)(=O)O. The number of aliphatic hydroxyl groups excluding tert-OH is 1. The van der Waals surface area contributed by atoms with Crippen LogP contribution in [0.2, 0.25) is 0 Å². The van der Waals surface area contributed by atoms with Crippen LogP contribution in [-0.4, -0.2) is 44.3 Å². The van der Waals surface area contributed by atoms with Gasteiger partial charge in [-0.05, 0) is 42.0 Å². The number of hydrogen-bond donors (Lipinski definition) is 2. The predicted octanol–water partition coefficient (Wildman–Crippen LogP) is 2.12. The van der Waals surface area contributed by atoms with Crippen LogP contribution in [0.3, 0.4) is 0 Å². The Bertz CT molecular complexity index is 773. The molecule has 0 aliphatic carbocycles. The number of rotatable bonds is 5. The molecule has 8 heteroatoms. The molecule has 0 amide bonds. The molecule has 0 aliphatic rings. The summed E-state index contributed by atoms with van der Waals surface area (Å²) in [5, 5.41) is 10.1. The highest BCUT2D eigenvalue weighted by molar-refractivity contribution is 7.85. The highest BCUT2D eigenvalue weighted by Gasteiger charge is 2.19. The summed E-state index contributed by atoms with van der Waals surface area (Å²) in [6.45, 7) is 0. The van der Waals surface area contributed by atoms with Gasteiger partial charge in [-0.1, -0.05) is 12.1 Å². The number of benzene rings is 2. The number of aliphatic hydroxyl groups is 1. The van der Waals surface area contributed by atoms with Crippen molar-refractivity contribution in [3.8, 4) is 11.5 Å². The monoisotopic (exact) mass is 368 g/mol. The van der Waals surface area contributed by atoms with Crippen molar-refractivity contribution >= 4 is 15.9 Å². The topological polar surface area (TPSA) is 110 Å². The number of carbonyl (C=O) groups is 1. The Morgan fingerprint density at radius 2 is 1.28 bits per heavy atom. The van der Waals surface area contributed by atoms with Gasteiger partial charge in [0.2, 0.25) is 0 Å². The summed E-state index contributed by atoms with van der Waals surface area (Å²) in [6, 6.07) is 13.4. The first-order valence-corrected chi connectivity index (χ1v) is 8.93. The van der Waals surface area contributed by atoms with Crippen molar-refractivity contribution in [1.82, 2.24) is 0 Å². The third-order valence-corrected chi connectivity index (χ3v) is 3.05. The van der Waals surface area contributed by atoms with Crippen LogP contribution in [0, 0.1) is 0 Å². The molecule has 7 nitrogen and oxygen atoms in total. The third-order valence-electron chi connectivity index (χ3n) is 3.05. The Morgan fingerprint density at radius 1 is 0.920 bits per heavy atom. The van der Waals surface area contributed by atoms with Gasteiger partial charge in [-0.15, -0.1) is 0 Å². The molecule has 2 aromatic carbocycles. The van der Waals surface area contributed by atoms with Gasteiger partial charge in [0.05, 0.1) is 20.5 Å². The molecule has 136 valence electrons. The molecule has 0 aliphatic heterocycles. The summed E-state index contributed by atoms with van der Waals surface area (Å²) >= 11 is 0. The second-order valence-electron chi connectivity index (χ2n) is 5.00. The maximum absolute atomic E-state index is 12.2. The van der Waals surface area contributed by atoms with Gasteiger partial charge in [-0.25, -0.2) is 0 Å². The van der Waals surface area contributed by atoms with E-state index in [0.717, 1.165) is 0 Å². The van der Waals surface area contributed by atoms with Crippen molar-refractivity contribution in [2.24, 2.45) is 0 Å². The van der Waals surface area contributed by atoms with Crippen molar-refractivity contribution in [3.05, 3.63) is 59.7 Å². The average molecular weight is 368 g/mol. The smallest absolute Gasteiger partial charge is 0.261 e. The zero-order chi connectivity index (χ0) is 19.0. The van der Waals surface area contributed by atoms with Gasteiger partial charge >= 0.3 is 0 Å². The summed E-state index contributed by atoms with van der Waals surface area (Å²) in [4.78, 5) is 12.2. The first kappa shape index (κ1) is 20.6. The second-order valence-corrected chi connectivity index (χ2v) is 6.47. The lowest BCUT2D eigenvalue weighted by atomic mass is 10.00. The van der Waals surface area contributed by atoms with Crippen molar-refractivity contribution in [3.63, 3.8) is 0 Å². The van der Waals surface area contributed by atoms with E-state index in [4.69, 9.17) is 14.0 Å². The Kier molecular flexibility index (Phi) is 7.56. The number of hydrogen-bond acceptors (Lipinski definition) is 6. The van der Waals surface area contributed by atoms with Crippen molar-refractivity contribution in [2.45, 2.75) is 6.10 Å². The summed E-state index contributed by atoms with van der Waals surface area (Å²) in [5.74, 6) is 0.996. The number of ether oxygens (including phenoxy) is 2. The van der Waals surface area contributed by atoms with Gasteiger partial charge < -0.3 is 14.6 Å². The lowest BCUT2D eigenvalue weighted by molar-refractivity contribution is 0.0747. The molecule has 2 N–H and O–H groups in total. The fourth-order valence-corrected chi connectivity index (χ4v) is 1.85. The van der Waals surface area contributed by atoms with Gasteiger partial charge in [0.1, 0.15) is 17.6 Å². The maximum Gasteiger partial charge on any atom is 0.261 e. The molecule has 2 aromatic rings. The van der Waals surface area contributed by atoms with Crippen LogP contribution in [0.5, 0.6) is 11.5 Å². The highest BCUT2D eigenvalue weighted by atomic mass is 32.2. The number of carbonyl (C=O) groups excluding carboxylic acids is 1. The van der Waals surface area contributed by atoms with E-state index in [1.807, 2.05) is 0 Å². The van der Waals surface area contributed by atoms with E-state index >= 15 is 0 Å². The molecular formula is C17H20O7S. The highest BCUT2D eigenvalue weighted by Crippen LogP contribution is 2.22. The average Bonchev–Trinajstić information content (AvgIpc) is 2.59. The largest absolute Gasteiger partial charge is 0.497 e. The minimum Gasteiger partial charge on any atom is -0.497 e. The van der Waals surface area contributed by atoms with Crippen LogP contribution < -0.4 is 9.47 Å². The maximum atomic E-state index is 12.2. The molecule has 25 heavy (non-hydrogen) atoms. The van der Waals surface area contributed by atoms with Gasteiger partial charge in [0.25, 0.3) is 10.1 Å². The molecular weight excluding hydrogens is 348 g/mol. The molecule has 2 rings (SSSR count). The van der Waals surface area contributed by atoms with Gasteiger partial charge in [0, 0.05) is 5.56 Å². The van der Waals surface area contributed by atoms with Gasteiger partial charge in [-0.2, -0.15) is 8.42 Å². The van der Waals surface area contributed by atoms with E-state index in [1.165, 1.54) is 0 Å². The first-order chi connectivity index (χ1) is 11.7. The van der Waals surface area contributed by atoms with Gasteiger partial charge in [-0.3, -0.25) is 9.35 Å². The second kappa shape index (κ2) is 9.16. The molecule has 0 spiro atoms. The fourth-order valence-electron chi connectivity index (χ4n) is 1.85. The molecule has 0 saturated heterocycles. The molecule has 0 saturated carbocycles. The summed E-state index contributed by atoms with van der Waals surface area (Å²) < 4.78 is 35.9. The van der Waals surface area contributed by atoms with E-state index in [9.17, 15) is 18.3 Å². The van der Waals surface area contributed by atoms with Crippen LogP contribution in [0.25, 0.3) is 0 Å². The zero-order valence-electron chi connectivity index (χ0n) is 14.0. The van der Waals surface area contributed by atoms with E-state index < -0.39 is 16.2 Å². The molecule has 0 heterocycles. The summed E-state index contributed by atoms with van der Waals surface area (Å²) in [5.41, 5.74) is 0.973. The van der Waals surface area contributed by atoms with Crippen LogP contribution in [0.15, 0.2) is 48.5 Å². The van der Waals surface area contributed by atoms with E-state index in [1.54, 1.807) is 62.8 Å². The predicted molar refractivity (Wildman–Crippen MR) is 92.8 cm³/mol. The lowest BCUT2D eigenvalue weighted by Crippen LogP contribution is -2.12. The number of methoxy groups -OCH3 is 2. The fraction of sp³-hybridized carbons (Fsp3) is 0.235. The summed E-state index contributed by atoms with van der Waals surface area (Å²) in [7, 11) is -0.545. The Labute approximate surface area is 146 Å². The van der Waals surface area contributed by atoms with Crippen molar-refractivity contribution in [1.29, 1.82) is 0 Å². The molecule has 1 unspecified atom stereocenters. The van der Waals surface area contributed by atoms with E-state index in [2.05, 4.69) is 0 Å². The molecule has 0 aromatic heterocycles. The zero-order valence-corrected chi connectivity index (χ0v) is 14.9. The van der Waals surface area contributed by atoms with Crippen LogP contribution >= 0.6 is 0 Å². The molecule has 0 radical (unpaired) electrons. The quantitative estimate of drug-likeness (QED) is 0.614. The van der Waals surface area contributed by atoms with Crippen molar-refractivity contribution < 1.29 is 32.3 Å². The van der Waals surface area contributed by atoms with E-state index in [0.29, 0.717) is 28.9 Å². The first-order valence-electron chi connectivity index (χ1n) is 7.08. The minimum absolute atomic E-state index is 0.349. The lowest BCUT2D eigenvalue weighted by Gasteiger charge is -2.11. The number of Topliss-reactive ketones (excluding diaryl/α,β-unsaturated/α-hetero) is 1. The van der Waals surface area contributed by atoms with Crippen LogP contribution in [0.4, 0.5) is 0 Å². The van der Waals surface area contributed by atoms with E-state index in [-0.39, 0.29) is 5.78 Å². The van der Waals surface area contributed by atoms with Crippen LogP contribution in [0.1, 0.15) is 22.0 Å². The normalized spacial score (nSPS) is 11.7. The van der Waals surface area contributed by atoms with Crippen LogP contribution in [-0.2, 0) is 10.1 Å².